The normalized spacial score (nSPS) is 10.6. The molecule has 0 saturated carbocycles. The van der Waals surface area contributed by atoms with Crippen LogP contribution in [0.3, 0.4) is 0 Å². The highest BCUT2D eigenvalue weighted by molar-refractivity contribution is 6.31. The van der Waals surface area contributed by atoms with Gasteiger partial charge in [-0.2, -0.15) is 5.10 Å². The van der Waals surface area contributed by atoms with Crippen LogP contribution in [0.1, 0.15) is 18.2 Å². The molecular weight excluding hydrogens is 250 g/mol. The lowest BCUT2D eigenvalue weighted by Gasteiger charge is -2.12. The lowest BCUT2D eigenvalue weighted by molar-refractivity contribution is 0.335. The topological polar surface area (TPSA) is 53.1 Å². The molecular formula is C13H16ClN3O. The fourth-order valence-corrected chi connectivity index (χ4v) is 1.90. The number of ether oxygens (including phenoxy) is 1. The maximum Gasteiger partial charge on any atom is 0.124 e. The van der Waals surface area contributed by atoms with Crippen molar-refractivity contribution < 1.29 is 4.74 Å². The highest BCUT2D eigenvalue weighted by Crippen LogP contribution is 2.24. The van der Waals surface area contributed by atoms with E-state index < -0.39 is 0 Å². The fraction of sp³-hybridized carbons (Fsp3) is 0.308. The smallest absolute Gasteiger partial charge is 0.124 e. The van der Waals surface area contributed by atoms with E-state index in [0.717, 1.165) is 17.0 Å². The molecule has 0 aliphatic carbocycles. The van der Waals surface area contributed by atoms with Gasteiger partial charge in [0.15, 0.2) is 0 Å². The summed E-state index contributed by atoms with van der Waals surface area (Å²) in [5.41, 5.74) is 8.45. The van der Waals surface area contributed by atoms with Gasteiger partial charge in [0.1, 0.15) is 5.75 Å². The lowest BCUT2D eigenvalue weighted by atomic mass is 10.1. The first-order valence-electron chi connectivity index (χ1n) is 5.81. The van der Waals surface area contributed by atoms with Crippen LogP contribution < -0.4 is 10.5 Å². The molecule has 0 aliphatic rings. The number of nitrogens with two attached hydrogens (primary N) is 1. The van der Waals surface area contributed by atoms with E-state index in [-0.39, 0.29) is 0 Å². The van der Waals surface area contributed by atoms with E-state index in [1.165, 1.54) is 0 Å². The van der Waals surface area contributed by atoms with Crippen LogP contribution in [0.4, 0.5) is 5.69 Å². The van der Waals surface area contributed by atoms with E-state index in [0.29, 0.717) is 23.9 Å². The zero-order chi connectivity index (χ0) is 13.1. The molecule has 0 bridgehead atoms. The second-order valence-corrected chi connectivity index (χ2v) is 4.44. The van der Waals surface area contributed by atoms with Crippen LogP contribution in [0.5, 0.6) is 5.75 Å². The summed E-state index contributed by atoms with van der Waals surface area (Å²) in [6.07, 6.45) is 1.64. The second kappa shape index (κ2) is 5.31. The predicted molar refractivity (Wildman–Crippen MR) is 73.1 cm³/mol. The van der Waals surface area contributed by atoms with E-state index in [9.17, 15) is 0 Å². The molecule has 0 spiro atoms. The van der Waals surface area contributed by atoms with Crippen molar-refractivity contribution in [3.63, 3.8) is 0 Å². The Morgan fingerprint density at radius 2 is 2.22 bits per heavy atom. The lowest BCUT2D eigenvalue weighted by Crippen LogP contribution is -2.06. The Morgan fingerprint density at radius 3 is 2.83 bits per heavy atom. The van der Waals surface area contributed by atoms with Gasteiger partial charge in [0, 0.05) is 11.3 Å². The Kier molecular flexibility index (Phi) is 3.77. The predicted octanol–water partition coefficient (Wildman–Crippen LogP) is 2.87. The summed E-state index contributed by atoms with van der Waals surface area (Å²) < 4.78 is 7.41. The third-order valence-corrected chi connectivity index (χ3v) is 3.12. The summed E-state index contributed by atoms with van der Waals surface area (Å²) in [6, 6.07) is 5.62. The van der Waals surface area contributed by atoms with Crippen LogP contribution in [0.15, 0.2) is 24.4 Å². The molecule has 2 N–H and O–H groups in total. The molecule has 0 fully saturated rings. The van der Waals surface area contributed by atoms with Gasteiger partial charge in [-0.15, -0.1) is 0 Å². The minimum atomic E-state index is 0.596. The van der Waals surface area contributed by atoms with Crippen molar-refractivity contribution in [2.45, 2.75) is 20.4 Å². The largest absolute Gasteiger partial charge is 0.494 e. The SMILES string of the molecule is CCOc1ccc(N)cc1Cn1ncc(Cl)c1C. The van der Waals surface area contributed by atoms with Crippen molar-refractivity contribution in [2.75, 3.05) is 12.3 Å². The number of hydrogen-bond acceptors (Lipinski definition) is 3. The average molecular weight is 266 g/mol. The Balaban J connectivity index is 2.32. The number of halogens is 1. The molecule has 0 saturated heterocycles. The van der Waals surface area contributed by atoms with Crippen molar-refractivity contribution >= 4 is 17.3 Å². The molecule has 0 amide bonds. The van der Waals surface area contributed by atoms with Crippen molar-refractivity contribution in [3.05, 3.63) is 40.7 Å². The monoisotopic (exact) mass is 265 g/mol. The molecule has 1 heterocycles. The van der Waals surface area contributed by atoms with Gasteiger partial charge >= 0.3 is 0 Å². The van der Waals surface area contributed by atoms with Crippen molar-refractivity contribution in [1.29, 1.82) is 0 Å². The zero-order valence-corrected chi connectivity index (χ0v) is 11.2. The molecule has 0 atom stereocenters. The summed E-state index contributed by atoms with van der Waals surface area (Å²) in [5.74, 6) is 0.831. The minimum absolute atomic E-state index is 0.596. The Hall–Kier alpha value is -1.68. The van der Waals surface area contributed by atoms with Crippen LogP contribution in [0.25, 0.3) is 0 Å². The molecule has 18 heavy (non-hydrogen) atoms. The van der Waals surface area contributed by atoms with E-state index in [4.69, 9.17) is 22.1 Å². The van der Waals surface area contributed by atoms with Crippen LogP contribution in [-0.2, 0) is 6.54 Å². The first-order valence-corrected chi connectivity index (χ1v) is 6.18. The Morgan fingerprint density at radius 1 is 1.44 bits per heavy atom. The fourth-order valence-electron chi connectivity index (χ4n) is 1.76. The summed E-state index contributed by atoms with van der Waals surface area (Å²) >= 11 is 5.99. The summed E-state index contributed by atoms with van der Waals surface area (Å²) in [5, 5.41) is 4.89. The van der Waals surface area contributed by atoms with E-state index in [2.05, 4.69) is 5.10 Å². The quantitative estimate of drug-likeness (QED) is 0.865. The molecule has 2 aromatic rings. The van der Waals surface area contributed by atoms with Gasteiger partial charge in [-0.25, -0.2) is 0 Å². The first kappa shape index (κ1) is 12.8. The molecule has 2 rings (SSSR count). The molecule has 96 valence electrons. The summed E-state index contributed by atoms with van der Waals surface area (Å²) in [4.78, 5) is 0. The Labute approximate surface area is 111 Å². The number of anilines is 1. The highest BCUT2D eigenvalue weighted by atomic mass is 35.5. The number of nitrogens with zero attached hydrogens (tertiary/aromatic N) is 2. The molecule has 0 unspecified atom stereocenters. The first-order chi connectivity index (χ1) is 8.61. The van der Waals surface area contributed by atoms with E-state index >= 15 is 0 Å². The van der Waals surface area contributed by atoms with Crippen LogP contribution in [0, 0.1) is 6.92 Å². The third-order valence-electron chi connectivity index (χ3n) is 2.75. The van der Waals surface area contributed by atoms with E-state index in [1.807, 2.05) is 36.7 Å². The number of nitrogen functional groups attached to an aromatic ring is 1. The molecule has 1 aromatic carbocycles. The summed E-state index contributed by atoms with van der Waals surface area (Å²) in [7, 11) is 0. The molecule has 5 heteroatoms. The third kappa shape index (κ3) is 2.59. The highest BCUT2D eigenvalue weighted by Gasteiger charge is 2.09. The maximum atomic E-state index is 5.99. The van der Waals surface area contributed by atoms with Gasteiger partial charge < -0.3 is 10.5 Å². The van der Waals surface area contributed by atoms with Gasteiger partial charge in [0.05, 0.1) is 30.1 Å². The van der Waals surface area contributed by atoms with Gasteiger partial charge in [0.2, 0.25) is 0 Å². The van der Waals surface area contributed by atoms with Crippen molar-refractivity contribution in [1.82, 2.24) is 9.78 Å². The molecule has 0 aliphatic heterocycles. The number of benzene rings is 1. The molecule has 4 nitrogen and oxygen atoms in total. The Bertz CT molecular complexity index is 551. The number of aromatic nitrogens is 2. The van der Waals surface area contributed by atoms with Crippen LogP contribution in [0.2, 0.25) is 5.02 Å². The standard InChI is InChI=1S/C13H16ClN3O/c1-3-18-13-5-4-11(15)6-10(13)8-17-9(2)12(14)7-16-17/h4-7H,3,8,15H2,1-2H3. The van der Waals surface area contributed by atoms with Gasteiger partial charge in [-0.1, -0.05) is 11.6 Å². The maximum absolute atomic E-state index is 5.99. The zero-order valence-electron chi connectivity index (χ0n) is 10.5. The van der Waals surface area contributed by atoms with Crippen LogP contribution in [-0.4, -0.2) is 16.4 Å². The summed E-state index contributed by atoms with van der Waals surface area (Å²) in [6.45, 7) is 5.10. The second-order valence-electron chi connectivity index (χ2n) is 4.04. The molecule has 0 radical (unpaired) electrons. The average Bonchev–Trinajstić information content (AvgIpc) is 2.65. The van der Waals surface area contributed by atoms with Crippen LogP contribution >= 0.6 is 11.6 Å². The molecule has 1 aromatic heterocycles. The van der Waals surface area contributed by atoms with Gasteiger partial charge in [0.25, 0.3) is 0 Å². The van der Waals surface area contributed by atoms with Crippen molar-refractivity contribution in [3.8, 4) is 5.75 Å². The number of hydrogen-bond donors (Lipinski definition) is 1. The minimum Gasteiger partial charge on any atom is -0.494 e. The number of rotatable bonds is 4. The van der Waals surface area contributed by atoms with E-state index in [1.54, 1.807) is 6.20 Å². The van der Waals surface area contributed by atoms with Crippen molar-refractivity contribution in [2.24, 2.45) is 0 Å². The van der Waals surface area contributed by atoms with Gasteiger partial charge in [-0.3, -0.25) is 4.68 Å². The van der Waals surface area contributed by atoms with Gasteiger partial charge in [-0.05, 0) is 32.0 Å².